The summed E-state index contributed by atoms with van der Waals surface area (Å²) in [5.74, 6) is 0. The quantitative estimate of drug-likeness (QED) is 0.691. The van der Waals surface area contributed by atoms with E-state index >= 15 is 0 Å². The highest BCUT2D eigenvalue weighted by atomic mass is 32.1. The zero-order valence-electron chi connectivity index (χ0n) is 8.09. The number of rotatable bonds is 6. The first kappa shape index (κ1) is 11.4. The van der Waals surface area contributed by atoms with Gasteiger partial charge in [-0.15, -0.1) is 0 Å². The molecule has 80 valence electrons. The maximum absolute atomic E-state index is 8.68. The van der Waals surface area contributed by atoms with Gasteiger partial charge >= 0.3 is 0 Å². The molecule has 0 saturated heterocycles. The molecule has 1 aromatic heterocycles. The Labute approximate surface area is 88.4 Å². The van der Waals surface area contributed by atoms with Crippen molar-refractivity contribution in [1.82, 2.24) is 9.13 Å². The molecule has 0 aliphatic rings. The summed E-state index contributed by atoms with van der Waals surface area (Å²) in [7, 11) is 0. The largest absolute Gasteiger partial charge is 0.396 e. The van der Waals surface area contributed by atoms with Gasteiger partial charge in [0.1, 0.15) is 0 Å². The highest BCUT2D eigenvalue weighted by molar-refractivity contribution is 7.71. The van der Waals surface area contributed by atoms with E-state index in [1.54, 1.807) is 0 Å². The normalized spacial score (nSPS) is 10.7. The van der Waals surface area contributed by atoms with E-state index in [1.165, 1.54) is 0 Å². The van der Waals surface area contributed by atoms with Crippen LogP contribution in [0.1, 0.15) is 12.8 Å². The lowest BCUT2D eigenvalue weighted by Gasteiger charge is -2.02. The van der Waals surface area contributed by atoms with E-state index < -0.39 is 0 Å². The van der Waals surface area contributed by atoms with Gasteiger partial charge in [0.25, 0.3) is 0 Å². The molecule has 1 aromatic rings. The van der Waals surface area contributed by atoms with E-state index in [-0.39, 0.29) is 13.2 Å². The minimum Gasteiger partial charge on any atom is -0.396 e. The molecule has 14 heavy (non-hydrogen) atoms. The molecule has 0 atom stereocenters. The third-order valence-electron chi connectivity index (χ3n) is 2.03. The fraction of sp³-hybridized carbons (Fsp3) is 0.667. The van der Waals surface area contributed by atoms with Gasteiger partial charge in [0.2, 0.25) is 0 Å². The van der Waals surface area contributed by atoms with Crippen LogP contribution in [0.15, 0.2) is 12.4 Å². The number of hydrogen-bond donors (Lipinski definition) is 2. The Balaban J connectivity index is 2.60. The molecule has 0 aliphatic carbocycles. The maximum Gasteiger partial charge on any atom is 0.179 e. The van der Waals surface area contributed by atoms with Crippen LogP contribution in [0, 0.1) is 4.77 Å². The van der Waals surface area contributed by atoms with Crippen LogP contribution in [-0.4, -0.2) is 32.6 Å². The summed E-state index contributed by atoms with van der Waals surface area (Å²) in [4.78, 5) is 0. The van der Waals surface area contributed by atoms with Crippen molar-refractivity contribution in [2.45, 2.75) is 25.9 Å². The van der Waals surface area contributed by atoms with Gasteiger partial charge in [-0.2, -0.15) is 0 Å². The average Bonchev–Trinajstić information content (AvgIpc) is 2.54. The first-order valence-electron chi connectivity index (χ1n) is 4.77. The van der Waals surface area contributed by atoms with Crippen molar-refractivity contribution in [1.29, 1.82) is 0 Å². The molecule has 0 spiro atoms. The minimum absolute atomic E-state index is 0.184. The van der Waals surface area contributed by atoms with Crippen molar-refractivity contribution in [2.75, 3.05) is 13.2 Å². The summed E-state index contributed by atoms with van der Waals surface area (Å²) in [6, 6.07) is 0. The summed E-state index contributed by atoms with van der Waals surface area (Å²) >= 11 is 5.21. The second kappa shape index (κ2) is 5.95. The zero-order valence-corrected chi connectivity index (χ0v) is 8.91. The molecule has 5 heteroatoms. The summed E-state index contributed by atoms with van der Waals surface area (Å²) in [6.45, 7) is 1.87. The van der Waals surface area contributed by atoms with Crippen molar-refractivity contribution in [2.24, 2.45) is 0 Å². The van der Waals surface area contributed by atoms with E-state index in [4.69, 9.17) is 22.4 Å². The number of hydrogen-bond acceptors (Lipinski definition) is 3. The van der Waals surface area contributed by atoms with Crippen LogP contribution in [0.3, 0.4) is 0 Å². The van der Waals surface area contributed by atoms with E-state index in [1.807, 2.05) is 21.5 Å². The predicted octanol–water partition coefficient (Wildman–Crippen LogP) is 0.784. The van der Waals surface area contributed by atoms with Crippen molar-refractivity contribution in [3.8, 4) is 0 Å². The molecule has 0 fully saturated rings. The molecule has 4 nitrogen and oxygen atoms in total. The van der Waals surface area contributed by atoms with Gasteiger partial charge < -0.3 is 19.3 Å². The summed E-state index contributed by atoms with van der Waals surface area (Å²) in [5, 5.41) is 17.4. The summed E-state index contributed by atoms with van der Waals surface area (Å²) < 4.78 is 4.62. The van der Waals surface area contributed by atoms with Crippen LogP contribution < -0.4 is 0 Å². The van der Waals surface area contributed by atoms with E-state index in [0.717, 1.165) is 30.7 Å². The fourth-order valence-corrected chi connectivity index (χ4v) is 1.58. The van der Waals surface area contributed by atoms with Crippen LogP contribution in [0.2, 0.25) is 0 Å². The lowest BCUT2D eigenvalue weighted by Crippen LogP contribution is -2.03. The van der Waals surface area contributed by atoms with Gasteiger partial charge in [-0.05, 0) is 25.1 Å². The monoisotopic (exact) mass is 216 g/mol. The Hall–Kier alpha value is -0.650. The Morgan fingerprint density at radius 1 is 1.00 bits per heavy atom. The first-order chi connectivity index (χ1) is 6.79. The Bertz CT molecular complexity index is 290. The van der Waals surface area contributed by atoms with E-state index in [9.17, 15) is 0 Å². The number of aliphatic hydroxyl groups is 2. The number of nitrogens with zero attached hydrogens (tertiary/aromatic N) is 2. The number of aromatic nitrogens is 2. The Morgan fingerprint density at radius 2 is 1.43 bits per heavy atom. The van der Waals surface area contributed by atoms with Crippen LogP contribution in [0.5, 0.6) is 0 Å². The van der Waals surface area contributed by atoms with Gasteiger partial charge in [0.05, 0.1) is 0 Å². The Morgan fingerprint density at radius 3 is 1.79 bits per heavy atom. The van der Waals surface area contributed by atoms with Gasteiger partial charge in [-0.3, -0.25) is 0 Å². The second-order valence-electron chi connectivity index (χ2n) is 3.12. The van der Waals surface area contributed by atoms with Gasteiger partial charge in [0, 0.05) is 38.7 Å². The first-order valence-corrected chi connectivity index (χ1v) is 5.17. The lowest BCUT2D eigenvalue weighted by molar-refractivity contribution is 0.277. The smallest absolute Gasteiger partial charge is 0.179 e. The second-order valence-corrected chi connectivity index (χ2v) is 3.49. The summed E-state index contributed by atoms with van der Waals surface area (Å²) in [6.07, 6.45) is 5.27. The lowest BCUT2D eigenvalue weighted by atomic mass is 10.4. The molecule has 0 bridgehead atoms. The molecule has 1 rings (SSSR count). The van der Waals surface area contributed by atoms with Gasteiger partial charge in [-0.1, -0.05) is 0 Å². The number of imidazole rings is 1. The van der Waals surface area contributed by atoms with Crippen LogP contribution >= 0.6 is 12.2 Å². The SMILES string of the molecule is OCCCn1ccn(CCCO)c1=S. The third kappa shape index (κ3) is 2.94. The fourth-order valence-electron chi connectivity index (χ4n) is 1.28. The van der Waals surface area contributed by atoms with Crippen molar-refractivity contribution in [3.63, 3.8) is 0 Å². The molecular formula is C9H16N2O2S. The number of aryl methyl sites for hydroxylation is 2. The highest BCUT2D eigenvalue weighted by Crippen LogP contribution is 2.00. The zero-order chi connectivity index (χ0) is 10.4. The molecule has 0 amide bonds. The van der Waals surface area contributed by atoms with Crippen molar-refractivity contribution < 1.29 is 10.2 Å². The van der Waals surface area contributed by atoms with Crippen molar-refractivity contribution >= 4 is 12.2 Å². The van der Waals surface area contributed by atoms with Crippen molar-refractivity contribution in [3.05, 3.63) is 17.2 Å². The highest BCUT2D eigenvalue weighted by Gasteiger charge is 1.98. The average molecular weight is 216 g/mol. The molecule has 2 N–H and O–H groups in total. The Kier molecular flexibility index (Phi) is 4.86. The molecule has 0 aromatic carbocycles. The molecular weight excluding hydrogens is 200 g/mol. The van der Waals surface area contributed by atoms with Gasteiger partial charge in [-0.25, -0.2) is 0 Å². The standard InChI is InChI=1S/C9H16N2O2S/c12-7-1-3-10-5-6-11(9(10)14)4-2-8-13/h5-6,12-13H,1-4,7-8H2. The molecule has 0 unspecified atom stereocenters. The number of aliphatic hydroxyl groups excluding tert-OH is 2. The summed E-state index contributed by atoms with van der Waals surface area (Å²) in [5.41, 5.74) is 0. The topological polar surface area (TPSA) is 50.3 Å². The maximum atomic E-state index is 8.68. The van der Waals surface area contributed by atoms with Gasteiger partial charge in [0.15, 0.2) is 4.77 Å². The van der Waals surface area contributed by atoms with Crippen LogP contribution in [0.4, 0.5) is 0 Å². The van der Waals surface area contributed by atoms with Crippen LogP contribution in [0.25, 0.3) is 0 Å². The molecule has 1 heterocycles. The molecule has 0 radical (unpaired) electrons. The molecule has 0 aliphatic heterocycles. The minimum atomic E-state index is 0.184. The third-order valence-corrected chi connectivity index (χ3v) is 2.50. The van der Waals surface area contributed by atoms with E-state index in [0.29, 0.717) is 0 Å². The van der Waals surface area contributed by atoms with E-state index in [2.05, 4.69) is 0 Å². The van der Waals surface area contributed by atoms with Crippen LogP contribution in [-0.2, 0) is 13.1 Å². The predicted molar refractivity (Wildman–Crippen MR) is 56.7 cm³/mol. The molecule has 0 saturated carbocycles.